The second kappa shape index (κ2) is 21.2. The average Bonchev–Trinajstić information content (AvgIpc) is 2.80. The third-order valence-corrected chi connectivity index (χ3v) is 8.84. The van der Waals surface area contributed by atoms with Crippen LogP contribution >= 0.6 is 19.6 Å². The van der Waals surface area contributed by atoms with Crippen molar-refractivity contribution in [2.75, 3.05) is 60.0 Å². The molecule has 2 unspecified atom stereocenters. The van der Waals surface area contributed by atoms with Crippen molar-refractivity contribution in [3.8, 4) is 0 Å². The molecule has 0 amide bonds. The Labute approximate surface area is 227 Å². The molecule has 0 saturated heterocycles. The quantitative estimate of drug-likeness (QED) is 0.0514. The lowest BCUT2D eigenvalue weighted by Crippen LogP contribution is -2.48. The van der Waals surface area contributed by atoms with Crippen molar-refractivity contribution in [1.82, 2.24) is 0 Å². The topological polar surface area (TPSA) is 74.2 Å². The number of thioether (sulfide) groups is 1. The smallest absolute Gasteiger partial charge is 0.350 e. The number of likely N-dealkylation sites (N-methyl/N-ethyl adjacent to an activating group) is 1. The summed E-state index contributed by atoms with van der Waals surface area (Å²) in [6, 6.07) is 0. The number of unbranched alkanes of at least 4 members (excludes halogenated alkanes) is 13. The van der Waals surface area contributed by atoms with Gasteiger partial charge in [-0.3, -0.25) is 9.05 Å². The predicted octanol–water partition coefficient (Wildman–Crippen LogP) is 7.42. The van der Waals surface area contributed by atoms with Gasteiger partial charge in [0.25, 0.3) is 0 Å². The SMILES string of the molecule is CCCCCCCCCCCCCCCCSCC(OC)(OC)C(C)OP(=O)(O)OCC[N+](C)(C)C. The molecule has 0 bridgehead atoms. The summed E-state index contributed by atoms with van der Waals surface area (Å²) in [5.41, 5.74) is 0. The molecule has 0 radical (unpaired) electrons. The molecule has 9 heteroatoms. The fourth-order valence-corrected chi connectivity index (χ4v) is 6.25. The summed E-state index contributed by atoms with van der Waals surface area (Å²) >= 11 is 1.72. The van der Waals surface area contributed by atoms with Crippen LogP contribution in [0.15, 0.2) is 0 Å². The zero-order chi connectivity index (χ0) is 27.3. The molecule has 218 valence electrons. The summed E-state index contributed by atoms with van der Waals surface area (Å²) in [6.45, 7) is 4.68. The van der Waals surface area contributed by atoms with Gasteiger partial charge in [0.15, 0.2) is 0 Å². The first kappa shape index (κ1) is 36.3. The van der Waals surface area contributed by atoms with E-state index in [0.29, 0.717) is 16.8 Å². The van der Waals surface area contributed by atoms with Crippen LogP contribution in [0.3, 0.4) is 0 Å². The van der Waals surface area contributed by atoms with Gasteiger partial charge in [0.1, 0.15) is 19.3 Å². The fraction of sp³-hybridized carbons (Fsp3) is 1.00. The summed E-state index contributed by atoms with van der Waals surface area (Å²) in [4.78, 5) is 10.1. The van der Waals surface area contributed by atoms with E-state index in [1.165, 1.54) is 97.7 Å². The molecule has 2 atom stereocenters. The van der Waals surface area contributed by atoms with Crippen LogP contribution in [0.4, 0.5) is 0 Å². The number of phosphoric acid groups is 1. The van der Waals surface area contributed by atoms with E-state index in [2.05, 4.69) is 6.92 Å². The van der Waals surface area contributed by atoms with Crippen LogP contribution in [-0.2, 0) is 23.1 Å². The predicted molar refractivity (Wildman–Crippen MR) is 154 cm³/mol. The Balaban J connectivity index is 4.00. The van der Waals surface area contributed by atoms with E-state index < -0.39 is 19.7 Å². The van der Waals surface area contributed by atoms with Gasteiger partial charge in [-0.2, -0.15) is 11.8 Å². The minimum Gasteiger partial charge on any atom is -0.350 e. The van der Waals surface area contributed by atoms with Crippen molar-refractivity contribution in [2.24, 2.45) is 0 Å². The van der Waals surface area contributed by atoms with Crippen LogP contribution < -0.4 is 0 Å². The highest BCUT2D eigenvalue weighted by molar-refractivity contribution is 7.99. The second-order valence-corrected chi connectivity index (χ2v) is 13.4. The van der Waals surface area contributed by atoms with E-state index >= 15 is 0 Å². The Morgan fingerprint density at radius 1 is 0.833 bits per heavy atom. The van der Waals surface area contributed by atoms with Gasteiger partial charge in [-0.1, -0.05) is 90.4 Å². The van der Waals surface area contributed by atoms with E-state index in [4.69, 9.17) is 18.5 Å². The summed E-state index contributed by atoms with van der Waals surface area (Å²) in [5, 5.41) is 0. The maximum atomic E-state index is 12.4. The third kappa shape index (κ3) is 19.4. The van der Waals surface area contributed by atoms with Crippen LogP contribution in [0, 0.1) is 0 Å². The van der Waals surface area contributed by atoms with Crippen molar-refractivity contribution in [3.63, 3.8) is 0 Å². The average molecular weight is 557 g/mol. The van der Waals surface area contributed by atoms with E-state index in [1.54, 1.807) is 18.7 Å². The first-order valence-electron chi connectivity index (χ1n) is 14.2. The highest BCUT2D eigenvalue weighted by atomic mass is 32.2. The van der Waals surface area contributed by atoms with Gasteiger partial charge in [0, 0.05) is 14.2 Å². The molecule has 0 aliphatic rings. The fourth-order valence-electron chi connectivity index (χ4n) is 4.00. The molecular weight excluding hydrogens is 497 g/mol. The lowest BCUT2D eigenvalue weighted by molar-refractivity contribution is -0.870. The van der Waals surface area contributed by atoms with Gasteiger partial charge < -0.3 is 18.9 Å². The minimum atomic E-state index is -4.21. The van der Waals surface area contributed by atoms with E-state index in [-0.39, 0.29) is 6.61 Å². The van der Waals surface area contributed by atoms with Gasteiger partial charge in [0.2, 0.25) is 5.79 Å². The molecular formula is C27H59NO6PS+. The van der Waals surface area contributed by atoms with Gasteiger partial charge in [-0.15, -0.1) is 0 Å². The molecule has 0 aromatic heterocycles. The maximum absolute atomic E-state index is 12.4. The minimum absolute atomic E-state index is 0.130. The summed E-state index contributed by atoms with van der Waals surface area (Å²) < 4.78 is 34.8. The van der Waals surface area contributed by atoms with Gasteiger partial charge >= 0.3 is 7.82 Å². The largest absolute Gasteiger partial charge is 0.472 e. The normalized spacial score (nSPS) is 15.2. The number of phosphoric ester groups is 1. The van der Waals surface area contributed by atoms with Crippen LogP contribution in [0.25, 0.3) is 0 Å². The number of quaternary nitrogens is 1. The number of nitrogens with zero attached hydrogens (tertiary/aromatic N) is 1. The Bertz CT molecular complexity index is 557. The van der Waals surface area contributed by atoms with Gasteiger partial charge in [-0.05, 0) is 19.1 Å². The van der Waals surface area contributed by atoms with Crippen molar-refractivity contribution >= 4 is 19.6 Å². The van der Waals surface area contributed by atoms with Crippen LogP contribution in [0.5, 0.6) is 0 Å². The molecule has 0 fully saturated rings. The van der Waals surface area contributed by atoms with E-state index in [0.717, 1.165) is 12.2 Å². The number of hydrogen-bond donors (Lipinski definition) is 1. The van der Waals surface area contributed by atoms with Crippen LogP contribution in [0.2, 0.25) is 0 Å². The zero-order valence-corrected chi connectivity index (χ0v) is 26.3. The number of hydrogen-bond acceptors (Lipinski definition) is 6. The van der Waals surface area contributed by atoms with Gasteiger partial charge in [0.05, 0.1) is 26.9 Å². The lowest BCUT2D eigenvalue weighted by atomic mass is 10.0. The maximum Gasteiger partial charge on any atom is 0.472 e. The summed E-state index contributed by atoms with van der Waals surface area (Å²) in [6.07, 6.45) is 18.1. The molecule has 0 aromatic rings. The molecule has 36 heavy (non-hydrogen) atoms. The van der Waals surface area contributed by atoms with Gasteiger partial charge in [-0.25, -0.2) is 4.57 Å². The van der Waals surface area contributed by atoms with E-state index in [9.17, 15) is 9.46 Å². The number of ether oxygens (including phenoxy) is 2. The lowest BCUT2D eigenvalue weighted by Gasteiger charge is -2.36. The number of rotatable bonds is 26. The molecule has 7 nitrogen and oxygen atoms in total. The first-order valence-corrected chi connectivity index (χ1v) is 16.8. The Hall–Kier alpha value is 0.340. The van der Waals surface area contributed by atoms with Crippen molar-refractivity contribution in [2.45, 2.75) is 116 Å². The standard InChI is InChI=1S/C27H58NO6PS/c1-8-9-10-11-12-13-14-15-16-17-18-19-20-21-24-36-25-27(31-6,32-7)26(2)34-35(29,30)33-23-22-28(3,4)5/h26H,8-25H2,1-7H3/p+1. The molecule has 0 heterocycles. The van der Waals surface area contributed by atoms with E-state index in [1.807, 2.05) is 21.1 Å². The molecule has 0 spiro atoms. The molecule has 0 aromatic carbocycles. The Kier molecular flexibility index (Phi) is 21.4. The van der Waals surface area contributed by atoms with Crippen molar-refractivity contribution < 1.29 is 32.5 Å². The van der Waals surface area contributed by atoms with Crippen molar-refractivity contribution in [1.29, 1.82) is 0 Å². The Morgan fingerprint density at radius 3 is 1.69 bits per heavy atom. The zero-order valence-electron chi connectivity index (χ0n) is 24.6. The third-order valence-electron chi connectivity index (χ3n) is 6.56. The Morgan fingerprint density at radius 2 is 1.28 bits per heavy atom. The molecule has 0 saturated carbocycles. The first-order chi connectivity index (χ1) is 17.0. The summed E-state index contributed by atoms with van der Waals surface area (Å²) in [7, 11) is 4.84. The molecule has 0 rings (SSSR count). The van der Waals surface area contributed by atoms with Crippen LogP contribution in [0.1, 0.15) is 104 Å². The molecule has 1 N–H and O–H groups in total. The second-order valence-electron chi connectivity index (χ2n) is 10.9. The molecule has 0 aliphatic carbocycles. The number of methoxy groups -OCH3 is 2. The summed E-state index contributed by atoms with van der Waals surface area (Å²) in [5.74, 6) is 0.400. The van der Waals surface area contributed by atoms with Crippen molar-refractivity contribution in [3.05, 3.63) is 0 Å². The van der Waals surface area contributed by atoms with Crippen LogP contribution in [-0.4, -0.2) is 81.3 Å². The highest BCUT2D eigenvalue weighted by Crippen LogP contribution is 2.46. The molecule has 0 aliphatic heterocycles. The highest BCUT2D eigenvalue weighted by Gasteiger charge is 2.42. The monoisotopic (exact) mass is 556 g/mol.